The molecule has 0 aliphatic rings. The number of amides is 2. The van der Waals surface area contributed by atoms with Gasteiger partial charge in [0.15, 0.2) is 11.0 Å². The van der Waals surface area contributed by atoms with E-state index in [1.54, 1.807) is 19.3 Å². The monoisotopic (exact) mass is 349 g/mol. The smallest absolute Gasteiger partial charge is 0.413 e. The SMILES string of the molecule is CCCn1c(S[C@H](C)C(=O)NC(=O)OC)nnc1-c1ccncc1. The number of nitrogens with zero attached hydrogens (tertiary/aromatic N) is 4. The van der Waals surface area contributed by atoms with Gasteiger partial charge in [-0.15, -0.1) is 10.2 Å². The van der Waals surface area contributed by atoms with Crippen molar-refractivity contribution in [1.29, 1.82) is 0 Å². The minimum absolute atomic E-state index is 0.441. The average Bonchev–Trinajstić information content (AvgIpc) is 2.98. The molecule has 8 nitrogen and oxygen atoms in total. The highest BCUT2D eigenvalue weighted by molar-refractivity contribution is 8.00. The highest BCUT2D eigenvalue weighted by Gasteiger charge is 2.22. The lowest BCUT2D eigenvalue weighted by molar-refractivity contribution is -0.119. The number of hydrogen-bond acceptors (Lipinski definition) is 7. The number of imide groups is 1. The second kappa shape index (κ2) is 8.44. The first-order chi connectivity index (χ1) is 11.6. The van der Waals surface area contributed by atoms with Crippen LogP contribution in [-0.2, 0) is 16.1 Å². The molecule has 2 rings (SSSR count). The second-order valence-electron chi connectivity index (χ2n) is 4.93. The number of hydrogen-bond donors (Lipinski definition) is 1. The van der Waals surface area contributed by atoms with E-state index < -0.39 is 17.3 Å². The van der Waals surface area contributed by atoms with Crippen LogP contribution in [-0.4, -0.2) is 44.1 Å². The molecule has 0 spiro atoms. The molecule has 0 radical (unpaired) electrons. The normalized spacial score (nSPS) is 11.8. The zero-order chi connectivity index (χ0) is 17.5. The number of aromatic nitrogens is 4. The first kappa shape index (κ1) is 17.9. The Bertz CT molecular complexity index is 704. The highest BCUT2D eigenvalue weighted by atomic mass is 32.2. The maximum atomic E-state index is 12.0. The van der Waals surface area contributed by atoms with Gasteiger partial charge in [-0.1, -0.05) is 18.7 Å². The Balaban J connectivity index is 2.20. The van der Waals surface area contributed by atoms with E-state index in [1.807, 2.05) is 16.7 Å². The minimum Gasteiger partial charge on any atom is -0.453 e. The van der Waals surface area contributed by atoms with Gasteiger partial charge in [0.2, 0.25) is 5.91 Å². The number of ether oxygens (including phenoxy) is 1. The Hall–Kier alpha value is -2.42. The molecule has 2 heterocycles. The fraction of sp³-hybridized carbons (Fsp3) is 0.400. The molecule has 0 unspecified atom stereocenters. The zero-order valence-corrected chi connectivity index (χ0v) is 14.5. The standard InChI is InChI=1S/C15H19N5O3S/c1-4-9-20-12(11-5-7-16-8-6-11)18-19-14(20)24-10(2)13(21)17-15(22)23-3/h5-8,10H,4,9H2,1-3H3,(H,17,21,22)/t10-/m1/s1. The van der Waals surface area contributed by atoms with E-state index >= 15 is 0 Å². The first-order valence-electron chi connectivity index (χ1n) is 7.45. The van der Waals surface area contributed by atoms with Crippen LogP contribution >= 0.6 is 11.8 Å². The third kappa shape index (κ3) is 4.31. The number of methoxy groups -OCH3 is 1. The van der Waals surface area contributed by atoms with Gasteiger partial charge < -0.3 is 9.30 Å². The number of rotatable bonds is 6. The second-order valence-corrected chi connectivity index (χ2v) is 6.24. The van der Waals surface area contributed by atoms with E-state index in [0.29, 0.717) is 5.16 Å². The molecule has 0 aliphatic heterocycles. The highest BCUT2D eigenvalue weighted by Crippen LogP contribution is 2.26. The molecule has 24 heavy (non-hydrogen) atoms. The quantitative estimate of drug-likeness (QED) is 0.797. The third-order valence-corrected chi connectivity index (χ3v) is 4.25. The van der Waals surface area contributed by atoms with E-state index in [2.05, 4.69) is 32.2 Å². The van der Waals surface area contributed by atoms with Crippen molar-refractivity contribution in [3.05, 3.63) is 24.5 Å². The van der Waals surface area contributed by atoms with Crippen molar-refractivity contribution in [2.75, 3.05) is 7.11 Å². The molecule has 0 saturated heterocycles. The Morgan fingerprint density at radius 1 is 1.33 bits per heavy atom. The molecule has 0 fully saturated rings. The van der Waals surface area contributed by atoms with Gasteiger partial charge in [0, 0.05) is 24.5 Å². The molecular weight excluding hydrogens is 330 g/mol. The summed E-state index contributed by atoms with van der Waals surface area (Å²) in [6.07, 6.45) is 3.51. The number of nitrogens with one attached hydrogen (secondary N) is 1. The number of carbonyl (C=O) groups is 2. The molecule has 2 amide bonds. The van der Waals surface area contributed by atoms with Crippen molar-refractivity contribution in [3.8, 4) is 11.4 Å². The maximum Gasteiger partial charge on any atom is 0.413 e. The lowest BCUT2D eigenvalue weighted by atomic mass is 10.2. The van der Waals surface area contributed by atoms with Crippen molar-refractivity contribution in [2.24, 2.45) is 0 Å². The lowest BCUT2D eigenvalue weighted by Crippen LogP contribution is -2.36. The lowest BCUT2D eigenvalue weighted by Gasteiger charge is -2.12. The summed E-state index contributed by atoms with van der Waals surface area (Å²) in [5.41, 5.74) is 0.907. The summed E-state index contributed by atoms with van der Waals surface area (Å²) >= 11 is 1.24. The number of alkyl carbamates (subject to hydrolysis) is 1. The van der Waals surface area contributed by atoms with Crippen molar-refractivity contribution in [1.82, 2.24) is 25.1 Å². The summed E-state index contributed by atoms with van der Waals surface area (Å²) < 4.78 is 6.39. The Morgan fingerprint density at radius 3 is 2.67 bits per heavy atom. The van der Waals surface area contributed by atoms with Crippen LogP contribution in [0.2, 0.25) is 0 Å². The van der Waals surface area contributed by atoms with Crippen LogP contribution in [0.15, 0.2) is 29.7 Å². The van der Waals surface area contributed by atoms with Crippen molar-refractivity contribution >= 4 is 23.8 Å². The fourth-order valence-corrected chi connectivity index (χ4v) is 2.86. The summed E-state index contributed by atoms with van der Waals surface area (Å²) in [5.74, 6) is 0.283. The molecule has 1 atom stereocenters. The Kier molecular flexibility index (Phi) is 6.30. The maximum absolute atomic E-state index is 12.0. The predicted octanol–water partition coefficient (Wildman–Crippen LogP) is 2.11. The summed E-state index contributed by atoms with van der Waals surface area (Å²) in [7, 11) is 1.21. The number of pyridine rings is 1. The summed E-state index contributed by atoms with van der Waals surface area (Å²) in [4.78, 5) is 27.1. The first-order valence-corrected chi connectivity index (χ1v) is 8.33. The van der Waals surface area contributed by atoms with E-state index in [0.717, 1.165) is 24.4 Å². The van der Waals surface area contributed by atoms with E-state index in [-0.39, 0.29) is 0 Å². The third-order valence-electron chi connectivity index (χ3n) is 3.16. The molecule has 0 aliphatic carbocycles. The van der Waals surface area contributed by atoms with Gasteiger partial charge in [-0.25, -0.2) is 4.79 Å². The van der Waals surface area contributed by atoms with Gasteiger partial charge in [0.1, 0.15) is 0 Å². The van der Waals surface area contributed by atoms with Crippen LogP contribution in [0, 0.1) is 0 Å². The summed E-state index contributed by atoms with van der Waals surface area (Å²) in [6, 6.07) is 3.72. The molecule has 1 N–H and O–H groups in total. The van der Waals surface area contributed by atoms with Crippen LogP contribution in [0.5, 0.6) is 0 Å². The molecule has 2 aromatic rings. The Morgan fingerprint density at radius 2 is 2.04 bits per heavy atom. The van der Waals surface area contributed by atoms with Gasteiger partial charge >= 0.3 is 6.09 Å². The molecule has 0 aromatic carbocycles. The summed E-state index contributed by atoms with van der Waals surface area (Å²) in [5, 5.41) is 10.7. The van der Waals surface area contributed by atoms with E-state index in [1.165, 1.54) is 18.9 Å². The molecule has 0 bridgehead atoms. The van der Waals surface area contributed by atoms with Gasteiger partial charge in [-0.3, -0.25) is 15.1 Å². The molecule has 0 saturated carbocycles. The average molecular weight is 349 g/mol. The van der Waals surface area contributed by atoms with E-state index in [9.17, 15) is 9.59 Å². The van der Waals surface area contributed by atoms with Crippen LogP contribution in [0.4, 0.5) is 4.79 Å². The molecule has 128 valence electrons. The molecule has 2 aromatic heterocycles. The fourth-order valence-electron chi connectivity index (χ4n) is 1.98. The van der Waals surface area contributed by atoms with Gasteiger partial charge in [0.25, 0.3) is 0 Å². The van der Waals surface area contributed by atoms with E-state index in [4.69, 9.17) is 0 Å². The Labute approximate surface area is 144 Å². The van der Waals surface area contributed by atoms with Crippen LogP contribution in [0.25, 0.3) is 11.4 Å². The van der Waals surface area contributed by atoms with Crippen LogP contribution in [0.3, 0.4) is 0 Å². The van der Waals surface area contributed by atoms with Crippen molar-refractivity contribution in [3.63, 3.8) is 0 Å². The number of carbonyl (C=O) groups excluding carboxylic acids is 2. The largest absolute Gasteiger partial charge is 0.453 e. The van der Waals surface area contributed by atoms with Gasteiger partial charge in [0.05, 0.1) is 12.4 Å². The van der Waals surface area contributed by atoms with Crippen LogP contribution in [0.1, 0.15) is 20.3 Å². The van der Waals surface area contributed by atoms with Gasteiger partial charge in [-0.05, 0) is 25.5 Å². The number of thioether (sulfide) groups is 1. The molecular formula is C15H19N5O3S. The predicted molar refractivity (Wildman–Crippen MR) is 89.4 cm³/mol. The zero-order valence-electron chi connectivity index (χ0n) is 13.7. The topological polar surface area (TPSA) is 99.0 Å². The minimum atomic E-state index is -0.778. The summed E-state index contributed by atoms with van der Waals surface area (Å²) in [6.45, 7) is 4.47. The van der Waals surface area contributed by atoms with Crippen molar-refractivity contribution in [2.45, 2.75) is 37.2 Å². The molecule has 9 heteroatoms. The van der Waals surface area contributed by atoms with Gasteiger partial charge in [-0.2, -0.15) is 0 Å². The van der Waals surface area contributed by atoms with Crippen LogP contribution < -0.4 is 5.32 Å². The van der Waals surface area contributed by atoms with Crippen molar-refractivity contribution < 1.29 is 14.3 Å².